The fraction of sp³-hybridized carbons (Fsp3) is 0.700. The van der Waals surface area contributed by atoms with Gasteiger partial charge in [-0.2, -0.15) is 5.10 Å². The molecule has 0 saturated heterocycles. The summed E-state index contributed by atoms with van der Waals surface area (Å²) in [4.78, 5) is 0. The van der Waals surface area contributed by atoms with Crippen molar-refractivity contribution in [1.29, 1.82) is 0 Å². The van der Waals surface area contributed by atoms with Crippen LogP contribution in [0.5, 0.6) is 0 Å². The molecule has 0 spiro atoms. The largest absolute Gasteiger partial charge is 0.330 e. The van der Waals surface area contributed by atoms with Gasteiger partial charge in [-0.25, -0.2) is 13.1 Å². The van der Waals surface area contributed by atoms with Crippen molar-refractivity contribution >= 4 is 10.0 Å². The molecule has 7 heteroatoms. The highest BCUT2D eigenvalue weighted by Crippen LogP contribution is 2.47. The SMILES string of the molecule is Cn1nccc1S(=O)(=O)NCC1(CCN)CC1. The van der Waals surface area contributed by atoms with Crippen LogP contribution in [-0.4, -0.2) is 31.3 Å². The van der Waals surface area contributed by atoms with Crippen LogP contribution in [0.25, 0.3) is 0 Å². The molecule has 1 heterocycles. The predicted molar refractivity (Wildman–Crippen MR) is 63.7 cm³/mol. The summed E-state index contributed by atoms with van der Waals surface area (Å²) in [6.45, 7) is 1.07. The van der Waals surface area contributed by atoms with Crippen molar-refractivity contribution in [1.82, 2.24) is 14.5 Å². The van der Waals surface area contributed by atoms with Crippen LogP contribution in [-0.2, 0) is 17.1 Å². The third-order valence-electron chi connectivity index (χ3n) is 3.32. The Morgan fingerprint density at radius 1 is 1.59 bits per heavy atom. The van der Waals surface area contributed by atoms with E-state index in [4.69, 9.17) is 5.73 Å². The van der Waals surface area contributed by atoms with Gasteiger partial charge in [0.25, 0.3) is 10.0 Å². The van der Waals surface area contributed by atoms with Crippen molar-refractivity contribution in [2.75, 3.05) is 13.1 Å². The van der Waals surface area contributed by atoms with Crippen LogP contribution >= 0.6 is 0 Å². The summed E-state index contributed by atoms with van der Waals surface area (Å²) in [5.74, 6) is 0. The maximum atomic E-state index is 12.0. The lowest BCUT2D eigenvalue weighted by molar-refractivity contribution is 0.459. The van der Waals surface area contributed by atoms with Crippen LogP contribution < -0.4 is 10.5 Å². The number of nitrogens with zero attached hydrogens (tertiary/aromatic N) is 2. The first-order valence-electron chi connectivity index (χ1n) is 5.67. The van der Waals surface area contributed by atoms with Gasteiger partial charge in [-0.1, -0.05) is 0 Å². The summed E-state index contributed by atoms with van der Waals surface area (Å²) in [5, 5.41) is 4.05. The standard InChI is InChI=1S/C10H18N4O2S/c1-14-9(2-7-12-14)17(15,16)13-8-10(3-4-10)5-6-11/h2,7,13H,3-6,8,11H2,1H3. The molecule has 1 saturated carbocycles. The van der Waals surface area contributed by atoms with Crippen LogP contribution in [0.2, 0.25) is 0 Å². The molecular formula is C10H18N4O2S. The van der Waals surface area contributed by atoms with E-state index in [1.807, 2.05) is 0 Å². The van der Waals surface area contributed by atoms with Gasteiger partial charge in [0.1, 0.15) is 0 Å². The van der Waals surface area contributed by atoms with Gasteiger partial charge in [0.15, 0.2) is 5.03 Å². The molecule has 1 fully saturated rings. The molecule has 0 atom stereocenters. The van der Waals surface area contributed by atoms with E-state index in [0.29, 0.717) is 13.1 Å². The van der Waals surface area contributed by atoms with Crippen LogP contribution in [0.15, 0.2) is 17.3 Å². The Kier molecular flexibility index (Phi) is 3.24. The highest BCUT2D eigenvalue weighted by Gasteiger charge is 2.42. The zero-order valence-corrected chi connectivity index (χ0v) is 10.7. The number of hydrogen-bond donors (Lipinski definition) is 2. The molecule has 2 rings (SSSR count). The van der Waals surface area contributed by atoms with E-state index in [9.17, 15) is 8.42 Å². The second-order valence-corrected chi connectivity index (χ2v) is 6.37. The number of aryl methyl sites for hydroxylation is 1. The Bertz CT molecular complexity index is 490. The normalized spacial score (nSPS) is 18.2. The third kappa shape index (κ3) is 2.67. The molecule has 1 aromatic rings. The van der Waals surface area contributed by atoms with Crippen molar-refractivity contribution < 1.29 is 8.42 Å². The Morgan fingerprint density at radius 3 is 2.76 bits per heavy atom. The van der Waals surface area contributed by atoms with Crippen molar-refractivity contribution in [3.05, 3.63) is 12.3 Å². The number of aromatic nitrogens is 2. The van der Waals surface area contributed by atoms with Crippen LogP contribution in [0.3, 0.4) is 0 Å². The second kappa shape index (κ2) is 4.40. The van der Waals surface area contributed by atoms with E-state index in [1.165, 1.54) is 16.9 Å². The summed E-state index contributed by atoms with van der Waals surface area (Å²) in [6, 6.07) is 1.49. The van der Waals surface area contributed by atoms with Gasteiger partial charge in [-0.05, 0) is 37.3 Å². The molecule has 0 unspecified atom stereocenters. The molecule has 0 radical (unpaired) electrons. The summed E-state index contributed by atoms with van der Waals surface area (Å²) in [5.41, 5.74) is 5.62. The average Bonchev–Trinajstić information content (AvgIpc) is 2.89. The quantitative estimate of drug-likeness (QED) is 0.741. The van der Waals surface area contributed by atoms with E-state index in [0.717, 1.165) is 19.3 Å². The number of sulfonamides is 1. The van der Waals surface area contributed by atoms with Gasteiger partial charge in [0.2, 0.25) is 0 Å². The highest BCUT2D eigenvalue weighted by molar-refractivity contribution is 7.89. The van der Waals surface area contributed by atoms with Gasteiger partial charge in [0.05, 0.1) is 6.20 Å². The van der Waals surface area contributed by atoms with Gasteiger partial charge < -0.3 is 5.73 Å². The van der Waals surface area contributed by atoms with Crippen molar-refractivity contribution in [2.24, 2.45) is 18.2 Å². The molecule has 96 valence electrons. The fourth-order valence-electron chi connectivity index (χ4n) is 1.95. The molecule has 0 aromatic carbocycles. The van der Waals surface area contributed by atoms with E-state index >= 15 is 0 Å². The highest BCUT2D eigenvalue weighted by atomic mass is 32.2. The zero-order valence-electron chi connectivity index (χ0n) is 9.89. The lowest BCUT2D eigenvalue weighted by Gasteiger charge is -2.14. The molecule has 0 aliphatic heterocycles. The molecule has 6 nitrogen and oxygen atoms in total. The Balaban J connectivity index is 2.02. The smallest absolute Gasteiger partial charge is 0.257 e. The Morgan fingerprint density at radius 2 is 2.29 bits per heavy atom. The fourth-order valence-corrected chi connectivity index (χ4v) is 3.22. The van der Waals surface area contributed by atoms with Crippen LogP contribution in [0.4, 0.5) is 0 Å². The van der Waals surface area contributed by atoms with E-state index < -0.39 is 10.0 Å². The van der Waals surface area contributed by atoms with Crippen molar-refractivity contribution in [2.45, 2.75) is 24.3 Å². The molecule has 0 bridgehead atoms. The third-order valence-corrected chi connectivity index (χ3v) is 4.80. The monoisotopic (exact) mass is 258 g/mol. The summed E-state index contributed by atoms with van der Waals surface area (Å²) >= 11 is 0. The van der Waals surface area contributed by atoms with Crippen LogP contribution in [0, 0.1) is 5.41 Å². The van der Waals surface area contributed by atoms with Gasteiger partial charge in [-0.3, -0.25) is 4.68 Å². The minimum atomic E-state index is -3.45. The first-order chi connectivity index (χ1) is 7.99. The molecule has 17 heavy (non-hydrogen) atoms. The van der Waals surface area contributed by atoms with Crippen LogP contribution in [0.1, 0.15) is 19.3 Å². The molecule has 1 aliphatic carbocycles. The van der Waals surface area contributed by atoms with E-state index in [-0.39, 0.29) is 10.4 Å². The summed E-state index contributed by atoms with van der Waals surface area (Å²) in [7, 11) is -1.84. The number of nitrogens with one attached hydrogen (secondary N) is 1. The molecule has 1 aliphatic rings. The maximum Gasteiger partial charge on any atom is 0.257 e. The maximum absolute atomic E-state index is 12.0. The summed E-state index contributed by atoms with van der Waals surface area (Å²) in [6.07, 6.45) is 4.46. The molecular weight excluding hydrogens is 240 g/mol. The second-order valence-electron chi connectivity index (χ2n) is 4.66. The van der Waals surface area contributed by atoms with E-state index in [2.05, 4.69) is 9.82 Å². The number of nitrogens with two attached hydrogens (primary N) is 1. The minimum Gasteiger partial charge on any atom is -0.330 e. The average molecular weight is 258 g/mol. The lowest BCUT2D eigenvalue weighted by Crippen LogP contribution is -2.32. The Hall–Kier alpha value is -0.920. The van der Waals surface area contributed by atoms with E-state index in [1.54, 1.807) is 7.05 Å². The Labute approximate surface area is 101 Å². The molecule has 3 N–H and O–H groups in total. The number of hydrogen-bond acceptors (Lipinski definition) is 4. The zero-order chi connectivity index (χ0) is 12.5. The minimum absolute atomic E-state index is 0.0976. The molecule has 1 aromatic heterocycles. The van der Waals surface area contributed by atoms with Gasteiger partial charge in [-0.15, -0.1) is 0 Å². The first kappa shape index (κ1) is 12.5. The van der Waals surface area contributed by atoms with Gasteiger partial charge >= 0.3 is 0 Å². The topological polar surface area (TPSA) is 90.0 Å². The first-order valence-corrected chi connectivity index (χ1v) is 7.15. The van der Waals surface area contributed by atoms with Crippen molar-refractivity contribution in [3.8, 4) is 0 Å². The lowest BCUT2D eigenvalue weighted by atomic mass is 10.0. The summed E-state index contributed by atoms with van der Waals surface area (Å²) < 4.78 is 28.0. The van der Waals surface area contributed by atoms with Crippen molar-refractivity contribution in [3.63, 3.8) is 0 Å². The number of rotatable bonds is 6. The predicted octanol–water partition coefficient (Wildman–Crippen LogP) is -0.173. The molecule has 0 amide bonds. The van der Waals surface area contributed by atoms with Gasteiger partial charge in [0, 0.05) is 13.6 Å².